The van der Waals surface area contributed by atoms with Gasteiger partial charge < -0.3 is 5.32 Å². The Morgan fingerprint density at radius 1 is 0.738 bits per heavy atom. The molecule has 0 bridgehead atoms. The lowest BCUT2D eigenvalue weighted by Gasteiger charge is -2.36. The molecular weight excluding hydrogens is 753 g/mol. The number of carbonyl (C=O) groups excluding carboxylic acids is 1. The zero-order valence-electron chi connectivity index (χ0n) is 35.2. The Bertz CT molecular complexity index is 2660. The maximum absolute atomic E-state index is 13.3. The minimum absolute atomic E-state index is 0.0664. The monoisotopic (exact) mass is 804 g/mol. The van der Waals surface area contributed by atoms with Crippen LogP contribution in [0.5, 0.6) is 0 Å². The van der Waals surface area contributed by atoms with E-state index in [0.29, 0.717) is 5.82 Å². The number of carbonyl (C=O) groups is 1. The van der Waals surface area contributed by atoms with Crippen molar-refractivity contribution >= 4 is 22.8 Å². The number of rotatable bonds is 12. The molecule has 9 heteroatoms. The average molecular weight is 805 g/mol. The van der Waals surface area contributed by atoms with Gasteiger partial charge in [0, 0.05) is 36.4 Å². The van der Waals surface area contributed by atoms with Gasteiger partial charge in [0.05, 0.1) is 11.0 Å². The molecule has 9 rings (SSSR count). The summed E-state index contributed by atoms with van der Waals surface area (Å²) >= 11 is 0. The van der Waals surface area contributed by atoms with E-state index in [9.17, 15) is 4.79 Å². The predicted octanol–water partition coefficient (Wildman–Crippen LogP) is 11.3. The van der Waals surface area contributed by atoms with Crippen molar-refractivity contribution in [2.24, 2.45) is 0 Å². The number of benzene rings is 6. The van der Waals surface area contributed by atoms with E-state index in [1.54, 1.807) is 4.90 Å². The highest BCUT2D eigenvalue weighted by molar-refractivity contribution is 5.94. The summed E-state index contributed by atoms with van der Waals surface area (Å²) in [6.45, 7) is 4.38. The van der Waals surface area contributed by atoms with Crippen LogP contribution in [0.25, 0.3) is 39.2 Å². The van der Waals surface area contributed by atoms with Crippen LogP contribution in [0.4, 0.5) is 10.5 Å². The molecule has 1 fully saturated rings. The molecule has 9 nitrogen and oxygen atoms in total. The van der Waals surface area contributed by atoms with Crippen molar-refractivity contribution in [3.05, 3.63) is 180 Å². The van der Waals surface area contributed by atoms with Gasteiger partial charge in [0.25, 0.3) is 0 Å². The number of nitrogens with one attached hydrogen (secondary N) is 1. The van der Waals surface area contributed by atoms with E-state index in [-0.39, 0.29) is 12.1 Å². The van der Waals surface area contributed by atoms with Gasteiger partial charge in [-0.1, -0.05) is 154 Å². The minimum Gasteiger partial charge on any atom is -0.335 e. The predicted molar refractivity (Wildman–Crippen MR) is 245 cm³/mol. The normalized spacial score (nSPS) is 13.4. The van der Waals surface area contributed by atoms with Crippen molar-refractivity contribution in [3.63, 3.8) is 0 Å². The highest BCUT2D eigenvalue weighted by atomic mass is 16.2. The summed E-state index contributed by atoms with van der Waals surface area (Å²) in [5.74, 6) is 1.67. The first kappa shape index (κ1) is 39.6. The maximum Gasteiger partial charge on any atom is 0.321 e. The number of hydrogen-bond donors (Lipinski definition) is 1. The third-order valence-corrected chi connectivity index (χ3v) is 12.4. The molecule has 1 aliphatic carbocycles. The van der Waals surface area contributed by atoms with Gasteiger partial charge in [0.15, 0.2) is 5.82 Å². The Morgan fingerprint density at radius 2 is 1.36 bits per heavy atom. The van der Waals surface area contributed by atoms with Crippen molar-refractivity contribution in [2.45, 2.75) is 76.8 Å². The first-order valence-corrected chi connectivity index (χ1v) is 21.7. The van der Waals surface area contributed by atoms with Crippen LogP contribution in [0.3, 0.4) is 0 Å². The van der Waals surface area contributed by atoms with Crippen molar-refractivity contribution in [1.29, 1.82) is 0 Å². The van der Waals surface area contributed by atoms with E-state index in [1.165, 1.54) is 19.3 Å². The molecule has 0 aliphatic heterocycles. The number of anilines is 1. The van der Waals surface area contributed by atoms with Crippen LogP contribution in [-0.2, 0) is 12.0 Å². The topological polar surface area (TPSA) is 93.8 Å². The van der Waals surface area contributed by atoms with E-state index in [4.69, 9.17) is 15.3 Å². The van der Waals surface area contributed by atoms with Gasteiger partial charge in [-0.05, 0) is 100 Å². The van der Waals surface area contributed by atoms with Crippen molar-refractivity contribution in [2.75, 3.05) is 11.9 Å². The zero-order chi connectivity index (χ0) is 41.8. The molecule has 1 N–H and O–H groups in total. The van der Waals surface area contributed by atoms with Gasteiger partial charge in [-0.2, -0.15) is 0 Å². The van der Waals surface area contributed by atoms with E-state index < -0.39 is 5.54 Å². The Kier molecular flexibility index (Phi) is 11.3. The molecule has 0 radical (unpaired) electrons. The second-order valence-electron chi connectivity index (χ2n) is 16.3. The Morgan fingerprint density at radius 3 is 1.98 bits per heavy atom. The number of aromatic nitrogens is 6. The van der Waals surface area contributed by atoms with Crippen LogP contribution < -0.4 is 10.2 Å². The Hall–Kier alpha value is -6.87. The smallest absolute Gasteiger partial charge is 0.321 e. The van der Waals surface area contributed by atoms with E-state index >= 15 is 0 Å². The fourth-order valence-electron chi connectivity index (χ4n) is 9.24. The molecule has 1 aliphatic rings. The standard InChI is InChI=1S/C52H52N8O/c1-4-5-30-49-54-47-36-42(58(3)51(61)53-41-26-16-9-17-27-41)32-34-48(47)59(49)43-31-33-44(37(2)35-43)45-28-18-19-29-46(45)50-55-56-57-60(50)52(38-20-10-6-11-21-38,39-22-12-7-13-23-39)40-24-14-8-15-25-40/h6-8,10-15,18-25,28-29,31-36,41H,4-5,9,16-17,26-27,30H2,1-3H3,(H,53,61). The molecule has 6 aromatic carbocycles. The molecule has 61 heavy (non-hydrogen) atoms. The largest absolute Gasteiger partial charge is 0.335 e. The molecule has 8 aromatic rings. The first-order valence-electron chi connectivity index (χ1n) is 21.7. The van der Waals surface area contributed by atoms with Crippen LogP contribution in [0.1, 0.15) is 79.9 Å². The van der Waals surface area contributed by atoms with Gasteiger partial charge in [-0.3, -0.25) is 9.47 Å². The van der Waals surface area contributed by atoms with E-state index in [0.717, 1.165) is 99.3 Å². The summed E-state index contributed by atoms with van der Waals surface area (Å²) in [4.78, 5) is 20.2. The number of tetrazole rings is 1. The number of unbranched alkanes of at least 4 members (excludes halogenated alkanes) is 1. The maximum atomic E-state index is 13.3. The van der Waals surface area contributed by atoms with Crippen LogP contribution in [-0.4, -0.2) is 48.9 Å². The molecule has 1 saturated carbocycles. The minimum atomic E-state index is -0.875. The molecule has 0 saturated heterocycles. The molecule has 306 valence electrons. The Labute approximate surface area is 358 Å². The molecular formula is C52H52N8O. The second kappa shape index (κ2) is 17.4. The molecule has 0 atom stereocenters. The molecule has 2 aromatic heterocycles. The fraction of sp³-hybridized carbons (Fsp3) is 0.250. The summed E-state index contributed by atoms with van der Waals surface area (Å²) in [5, 5.41) is 17.3. The summed E-state index contributed by atoms with van der Waals surface area (Å²) in [6, 6.07) is 52.9. The number of imidazole rings is 1. The van der Waals surface area contributed by atoms with Gasteiger partial charge in [-0.25, -0.2) is 14.5 Å². The highest BCUT2D eigenvalue weighted by Crippen LogP contribution is 2.44. The molecule has 0 spiro atoms. The van der Waals surface area contributed by atoms with Gasteiger partial charge in [0.1, 0.15) is 11.4 Å². The second-order valence-corrected chi connectivity index (χ2v) is 16.3. The quantitative estimate of drug-likeness (QED) is 0.124. The third-order valence-electron chi connectivity index (χ3n) is 12.4. The molecule has 2 heterocycles. The number of amides is 2. The number of aryl methyl sites for hydroxylation is 2. The third kappa shape index (κ3) is 7.50. The fourth-order valence-corrected chi connectivity index (χ4v) is 9.24. The van der Waals surface area contributed by atoms with Gasteiger partial charge >= 0.3 is 6.03 Å². The van der Waals surface area contributed by atoms with Gasteiger partial charge in [0.2, 0.25) is 0 Å². The van der Waals surface area contributed by atoms with Crippen LogP contribution in [0, 0.1) is 6.92 Å². The molecule has 0 unspecified atom stereocenters. The van der Waals surface area contributed by atoms with Crippen LogP contribution in [0.2, 0.25) is 0 Å². The number of nitrogens with zero attached hydrogens (tertiary/aromatic N) is 7. The van der Waals surface area contributed by atoms with Crippen LogP contribution in [0.15, 0.2) is 152 Å². The summed E-state index contributed by atoms with van der Waals surface area (Å²) in [6.07, 6.45) is 8.61. The van der Waals surface area contributed by atoms with Crippen LogP contribution >= 0.6 is 0 Å². The first-order chi connectivity index (χ1) is 30.0. The SMILES string of the molecule is CCCCc1nc2cc(N(C)C(=O)NC3CCCCC3)ccc2n1-c1ccc(-c2ccccc2-c2nnnn2C(c2ccccc2)(c2ccccc2)c2ccccc2)c(C)c1. The van der Waals surface area contributed by atoms with Crippen molar-refractivity contribution in [1.82, 2.24) is 35.1 Å². The molecule has 2 amide bonds. The van der Waals surface area contributed by atoms with Gasteiger partial charge in [-0.15, -0.1) is 5.10 Å². The zero-order valence-corrected chi connectivity index (χ0v) is 35.2. The highest BCUT2D eigenvalue weighted by Gasteiger charge is 2.42. The lowest BCUT2D eigenvalue weighted by atomic mass is 9.77. The Balaban J connectivity index is 1.12. The average Bonchev–Trinajstić information content (AvgIpc) is 3.95. The van der Waals surface area contributed by atoms with Crippen molar-refractivity contribution in [3.8, 4) is 28.2 Å². The summed E-state index contributed by atoms with van der Waals surface area (Å²) < 4.78 is 4.28. The lowest BCUT2D eigenvalue weighted by Crippen LogP contribution is -2.43. The van der Waals surface area contributed by atoms with Crippen molar-refractivity contribution < 1.29 is 4.79 Å². The number of urea groups is 1. The van der Waals surface area contributed by atoms with E-state index in [1.807, 2.05) is 42.1 Å². The summed E-state index contributed by atoms with van der Waals surface area (Å²) in [7, 11) is 1.85. The number of fused-ring (bicyclic) bond motifs is 1. The number of hydrogen-bond acceptors (Lipinski definition) is 5. The lowest BCUT2D eigenvalue weighted by molar-refractivity contribution is 0.239. The summed E-state index contributed by atoms with van der Waals surface area (Å²) in [5.41, 5.74) is 10.2. The van der Waals surface area contributed by atoms with E-state index in [2.05, 4.69) is 150 Å².